The van der Waals surface area contributed by atoms with Crippen LogP contribution in [-0.2, 0) is 14.8 Å². The van der Waals surface area contributed by atoms with Gasteiger partial charge in [-0.15, -0.1) is 11.3 Å². The number of nitrogens with one attached hydrogen (secondary N) is 1. The Kier molecular flexibility index (Phi) is 5.89. The Bertz CT molecular complexity index is 912. The predicted octanol–water partition coefficient (Wildman–Crippen LogP) is 2.36. The number of piperazine rings is 1. The van der Waals surface area contributed by atoms with Crippen LogP contribution in [0.25, 0.3) is 0 Å². The first-order valence-corrected chi connectivity index (χ1v) is 10.6. The van der Waals surface area contributed by atoms with Gasteiger partial charge in [-0.3, -0.25) is 9.69 Å². The van der Waals surface area contributed by atoms with Crippen LogP contribution < -0.4 is 5.32 Å². The van der Waals surface area contributed by atoms with Gasteiger partial charge in [0.15, 0.2) is 11.6 Å². The fourth-order valence-electron chi connectivity index (χ4n) is 2.86. The number of halogens is 2. The molecule has 146 valence electrons. The molecule has 0 bridgehead atoms. The second kappa shape index (κ2) is 8.01. The highest BCUT2D eigenvalue weighted by Gasteiger charge is 2.32. The lowest BCUT2D eigenvalue weighted by Gasteiger charge is -2.36. The molecule has 1 N–H and O–H groups in total. The number of carbonyl (C=O) groups is 1. The summed E-state index contributed by atoms with van der Waals surface area (Å²) >= 11 is 1.17. The van der Waals surface area contributed by atoms with Crippen LogP contribution in [0.3, 0.4) is 0 Å². The molecule has 1 fully saturated rings. The molecule has 0 aliphatic carbocycles. The summed E-state index contributed by atoms with van der Waals surface area (Å²) in [4.78, 5) is 14.2. The van der Waals surface area contributed by atoms with Gasteiger partial charge in [-0.2, -0.15) is 4.31 Å². The lowest BCUT2D eigenvalue weighted by molar-refractivity contribution is -0.121. The Labute approximate surface area is 160 Å². The number of hydrogen-bond donors (Lipinski definition) is 1. The van der Waals surface area contributed by atoms with Gasteiger partial charge in [0.2, 0.25) is 5.91 Å². The fourth-order valence-corrected chi connectivity index (χ4v) is 5.42. The zero-order chi connectivity index (χ0) is 19.6. The van der Waals surface area contributed by atoms with Crippen LogP contribution in [0.5, 0.6) is 0 Å². The third-order valence-corrected chi connectivity index (χ3v) is 7.75. The maximum absolute atomic E-state index is 13.3. The van der Waals surface area contributed by atoms with Gasteiger partial charge >= 0.3 is 0 Å². The van der Waals surface area contributed by atoms with Crippen LogP contribution in [0, 0.1) is 11.6 Å². The van der Waals surface area contributed by atoms with Gasteiger partial charge < -0.3 is 5.32 Å². The smallest absolute Gasteiger partial charge is 0.252 e. The quantitative estimate of drug-likeness (QED) is 0.814. The summed E-state index contributed by atoms with van der Waals surface area (Å²) in [6.45, 7) is 3.05. The summed E-state index contributed by atoms with van der Waals surface area (Å²) in [5, 5.41) is 4.27. The monoisotopic (exact) mass is 415 g/mol. The van der Waals surface area contributed by atoms with Gasteiger partial charge in [-0.1, -0.05) is 6.07 Å². The van der Waals surface area contributed by atoms with E-state index in [1.807, 2.05) is 4.90 Å². The minimum atomic E-state index is -3.50. The van der Waals surface area contributed by atoms with Gasteiger partial charge in [0.1, 0.15) is 4.21 Å². The summed E-state index contributed by atoms with van der Waals surface area (Å²) in [5.41, 5.74) is 0.171. The van der Waals surface area contributed by atoms with Crippen molar-refractivity contribution in [3.63, 3.8) is 0 Å². The number of anilines is 1. The van der Waals surface area contributed by atoms with E-state index in [4.69, 9.17) is 0 Å². The number of amides is 1. The van der Waals surface area contributed by atoms with Crippen LogP contribution >= 0.6 is 11.3 Å². The lowest BCUT2D eigenvalue weighted by Crippen LogP contribution is -2.53. The van der Waals surface area contributed by atoms with Gasteiger partial charge in [0, 0.05) is 37.9 Å². The van der Waals surface area contributed by atoms with Gasteiger partial charge in [0.05, 0.1) is 6.04 Å². The number of thiophene rings is 1. The summed E-state index contributed by atoms with van der Waals surface area (Å²) in [5.74, 6) is -2.38. The van der Waals surface area contributed by atoms with E-state index in [1.54, 1.807) is 24.4 Å². The highest BCUT2D eigenvalue weighted by Crippen LogP contribution is 2.22. The zero-order valence-corrected chi connectivity index (χ0v) is 16.2. The summed E-state index contributed by atoms with van der Waals surface area (Å²) in [6.07, 6.45) is 0. The van der Waals surface area contributed by atoms with E-state index in [0.717, 1.165) is 12.1 Å². The average Bonchev–Trinajstić information content (AvgIpc) is 3.20. The second-order valence-electron chi connectivity index (χ2n) is 6.17. The third-order valence-electron chi connectivity index (χ3n) is 4.48. The number of rotatable bonds is 5. The standard InChI is InChI=1S/C17H19F2N3O3S2/c1-12(17(23)20-13-4-5-14(18)15(19)11-13)21-6-8-22(9-7-21)27(24,25)16-3-2-10-26-16/h2-5,10-12H,6-9H2,1H3,(H,20,23)/t12-/m1/s1. The van der Waals surface area contributed by atoms with E-state index in [0.29, 0.717) is 17.3 Å². The van der Waals surface area contributed by atoms with Crippen LogP contribution in [0.15, 0.2) is 39.9 Å². The lowest BCUT2D eigenvalue weighted by atomic mass is 10.2. The highest BCUT2D eigenvalue weighted by atomic mass is 32.2. The van der Waals surface area contributed by atoms with E-state index in [9.17, 15) is 22.0 Å². The van der Waals surface area contributed by atoms with Crippen molar-refractivity contribution in [3.8, 4) is 0 Å². The Hall–Kier alpha value is -1.88. The molecule has 2 heterocycles. The van der Waals surface area contributed by atoms with Crippen molar-refractivity contribution < 1.29 is 22.0 Å². The number of carbonyl (C=O) groups excluding carboxylic acids is 1. The highest BCUT2D eigenvalue weighted by molar-refractivity contribution is 7.91. The molecule has 1 atom stereocenters. The Balaban J connectivity index is 1.58. The van der Waals surface area contributed by atoms with Crippen molar-refractivity contribution in [1.29, 1.82) is 0 Å². The summed E-state index contributed by atoms with van der Waals surface area (Å²) < 4.78 is 53.0. The van der Waals surface area contributed by atoms with Crippen molar-refractivity contribution >= 4 is 33.0 Å². The van der Waals surface area contributed by atoms with Crippen LogP contribution in [-0.4, -0.2) is 55.8 Å². The summed E-state index contributed by atoms with van der Waals surface area (Å²) in [6, 6.07) is 5.89. The zero-order valence-electron chi connectivity index (χ0n) is 14.6. The van der Waals surface area contributed by atoms with E-state index in [-0.39, 0.29) is 24.7 Å². The molecule has 1 aromatic heterocycles. The molecular weight excluding hydrogens is 396 g/mol. The molecule has 27 heavy (non-hydrogen) atoms. The Morgan fingerprint density at radius 3 is 2.44 bits per heavy atom. The number of sulfonamides is 1. The van der Waals surface area contributed by atoms with Crippen molar-refractivity contribution in [2.75, 3.05) is 31.5 Å². The second-order valence-corrected chi connectivity index (χ2v) is 9.28. The van der Waals surface area contributed by atoms with Crippen molar-refractivity contribution in [3.05, 3.63) is 47.3 Å². The molecular formula is C17H19F2N3O3S2. The van der Waals surface area contributed by atoms with Crippen molar-refractivity contribution in [2.24, 2.45) is 0 Å². The van der Waals surface area contributed by atoms with Crippen molar-refractivity contribution in [1.82, 2.24) is 9.21 Å². The molecule has 1 saturated heterocycles. The fraction of sp³-hybridized carbons (Fsp3) is 0.353. The molecule has 0 saturated carbocycles. The molecule has 1 aliphatic heterocycles. The molecule has 1 aromatic carbocycles. The third kappa shape index (κ3) is 4.34. The van der Waals surface area contributed by atoms with Crippen LogP contribution in [0.1, 0.15) is 6.92 Å². The first-order valence-electron chi connectivity index (χ1n) is 8.32. The van der Waals surface area contributed by atoms with Crippen molar-refractivity contribution in [2.45, 2.75) is 17.2 Å². The van der Waals surface area contributed by atoms with Gasteiger partial charge in [-0.25, -0.2) is 17.2 Å². The largest absolute Gasteiger partial charge is 0.325 e. The molecule has 1 amide bonds. The molecule has 1 aliphatic rings. The van der Waals surface area contributed by atoms with E-state index in [1.165, 1.54) is 21.7 Å². The first-order chi connectivity index (χ1) is 12.8. The molecule has 0 unspecified atom stereocenters. The molecule has 0 spiro atoms. The SMILES string of the molecule is C[C@H](C(=O)Nc1ccc(F)c(F)c1)N1CCN(S(=O)(=O)c2cccs2)CC1. The topological polar surface area (TPSA) is 69.7 Å². The maximum atomic E-state index is 13.3. The van der Waals surface area contributed by atoms with Gasteiger partial charge in [0.25, 0.3) is 10.0 Å². The number of nitrogens with zero attached hydrogens (tertiary/aromatic N) is 2. The van der Waals surface area contributed by atoms with E-state index in [2.05, 4.69) is 5.32 Å². The van der Waals surface area contributed by atoms with Gasteiger partial charge in [-0.05, 0) is 30.5 Å². The first kappa shape index (κ1) is 19.9. The minimum absolute atomic E-state index is 0.171. The summed E-state index contributed by atoms with van der Waals surface area (Å²) in [7, 11) is -3.50. The Morgan fingerprint density at radius 2 is 1.85 bits per heavy atom. The van der Waals surface area contributed by atoms with Crippen LogP contribution in [0.2, 0.25) is 0 Å². The molecule has 2 aromatic rings. The van der Waals surface area contributed by atoms with E-state index < -0.39 is 27.7 Å². The number of benzene rings is 1. The van der Waals surface area contributed by atoms with E-state index >= 15 is 0 Å². The minimum Gasteiger partial charge on any atom is -0.325 e. The predicted molar refractivity (Wildman–Crippen MR) is 99.1 cm³/mol. The normalized spacial score (nSPS) is 17.6. The molecule has 10 heteroatoms. The molecule has 0 radical (unpaired) electrons. The molecule has 3 rings (SSSR count). The average molecular weight is 415 g/mol. The Morgan fingerprint density at radius 1 is 1.15 bits per heavy atom. The molecule has 6 nitrogen and oxygen atoms in total. The number of hydrogen-bond acceptors (Lipinski definition) is 5. The maximum Gasteiger partial charge on any atom is 0.252 e. The van der Waals surface area contributed by atoms with Crippen LogP contribution in [0.4, 0.5) is 14.5 Å².